The molecule has 0 aliphatic rings. The first-order chi connectivity index (χ1) is 4.54. The average Bonchev–Trinajstić information content (AvgIpc) is 1.87. The Morgan fingerprint density at radius 3 is 1.67 bits per heavy atom. The molecule has 0 aromatic carbocycles. The van der Waals surface area contributed by atoms with Gasteiger partial charge in [0.1, 0.15) is 6.16 Å². The van der Waals surface area contributed by atoms with Crippen LogP contribution >= 0.6 is 7.60 Å². The lowest BCUT2D eigenvalue weighted by atomic mass is 10.9. The molecule has 0 atom stereocenters. The maximum Gasteiger partial charge on any atom is 0.335 e. The molecule has 0 aliphatic heterocycles. The van der Waals surface area contributed by atoms with Gasteiger partial charge in [0.05, 0.1) is 0 Å². The van der Waals surface area contributed by atoms with Crippen LogP contribution in [0, 0.1) is 0 Å². The van der Waals surface area contributed by atoms with Crippen molar-refractivity contribution < 1.29 is 22.4 Å². The molecule has 3 nitrogen and oxygen atoms in total. The molecule has 0 aromatic heterocycles. The van der Waals surface area contributed by atoms with Crippen molar-refractivity contribution in [2.45, 2.75) is 21.3 Å². The fourth-order valence-electron chi connectivity index (χ4n) is 0.393. The molecule has 0 saturated carbocycles. The van der Waals surface area contributed by atoms with Gasteiger partial charge < -0.3 is 9.05 Å². The van der Waals surface area contributed by atoms with E-state index in [4.69, 9.17) is 0 Å². The van der Waals surface area contributed by atoms with Gasteiger partial charge in [-0.1, -0.05) is 14.9 Å². The lowest BCUT2D eigenvalue weighted by Crippen LogP contribution is -2.03. The van der Waals surface area contributed by atoms with E-state index in [-0.39, 0.29) is 14.9 Å². The Hall–Kier alpha value is 0.01000. The lowest BCUT2D eigenvalue weighted by Gasteiger charge is -2.11. The summed E-state index contributed by atoms with van der Waals surface area (Å²) in [6, 6.07) is 0. The van der Waals surface area contributed by atoms with Crippen molar-refractivity contribution in [3.63, 3.8) is 0 Å². The zero-order valence-electron chi connectivity index (χ0n) is 5.71. The first-order valence-electron chi connectivity index (χ1n) is 2.53. The molecule has 0 aromatic rings. The van der Waals surface area contributed by atoms with Crippen LogP contribution in [0.2, 0.25) is 0 Å². The van der Waals surface area contributed by atoms with E-state index in [2.05, 4.69) is 9.05 Å². The van der Waals surface area contributed by atoms with E-state index >= 15 is 0 Å². The van der Waals surface area contributed by atoms with Gasteiger partial charge in [0.2, 0.25) is 6.43 Å². The Kier molecular flexibility index (Phi) is 11.4. The summed E-state index contributed by atoms with van der Waals surface area (Å²) in [5.74, 6) is 0. The van der Waals surface area contributed by atoms with Gasteiger partial charge >= 0.3 is 7.60 Å². The number of halogens is 2. The predicted molar refractivity (Wildman–Crippen MR) is 46.0 cm³/mol. The third-order valence-electron chi connectivity index (χ3n) is 0.918. The van der Waals surface area contributed by atoms with E-state index in [1.807, 2.05) is 0 Å². The van der Waals surface area contributed by atoms with Crippen LogP contribution in [0.1, 0.15) is 14.9 Å². The molecule has 0 radical (unpaired) electrons. The summed E-state index contributed by atoms with van der Waals surface area (Å²) < 4.78 is 42.5. The third kappa shape index (κ3) is 6.70. The van der Waals surface area contributed by atoms with Gasteiger partial charge in [0.25, 0.3) is 0 Å². The molecule has 0 saturated heterocycles. The van der Waals surface area contributed by atoms with Gasteiger partial charge in [-0.25, -0.2) is 8.78 Å². The topological polar surface area (TPSA) is 35.5 Å². The molecular formula is C6H17F2O3P. The van der Waals surface area contributed by atoms with Crippen LogP contribution in [0.15, 0.2) is 0 Å². The van der Waals surface area contributed by atoms with Crippen molar-refractivity contribution in [3.05, 3.63) is 0 Å². The Balaban J connectivity index is -0.000000405. The molecule has 0 unspecified atom stereocenters. The molecule has 0 amide bonds. The first kappa shape index (κ1) is 17.9. The zero-order chi connectivity index (χ0) is 8.20. The SMILES string of the molecule is C.C.COP(=O)(CC(F)F)OC. The van der Waals surface area contributed by atoms with Crippen molar-refractivity contribution in [2.24, 2.45) is 0 Å². The standard InChI is InChI=1S/C4H9F2O3P.2CH4/c1-8-10(7,9-2)3-4(5)6;;/h4H,3H2,1-2H3;2*1H4. The van der Waals surface area contributed by atoms with Crippen molar-refractivity contribution in [1.29, 1.82) is 0 Å². The Morgan fingerprint density at radius 2 is 1.58 bits per heavy atom. The number of rotatable bonds is 4. The summed E-state index contributed by atoms with van der Waals surface area (Å²) in [7, 11) is -1.34. The van der Waals surface area contributed by atoms with E-state index in [1.54, 1.807) is 0 Å². The average molecular weight is 206 g/mol. The summed E-state index contributed by atoms with van der Waals surface area (Å²) in [5, 5.41) is 0. The van der Waals surface area contributed by atoms with Crippen molar-refractivity contribution in [2.75, 3.05) is 20.4 Å². The maximum atomic E-state index is 11.6. The van der Waals surface area contributed by atoms with Gasteiger partial charge in [-0.2, -0.15) is 0 Å². The second-order valence-corrected chi connectivity index (χ2v) is 3.87. The predicted octanol–water partition coefficient (Wildman–Crippen LogP) is 3.01. The fourth-order valence-corrected chi connectivity index (χ4v) is 1.18. The molecule has 0 fully saturated rings. The molecule has 0 rings (SSSR count). The minimum Gasteiger partial charge on any atom is -0.312 e. The Bertz CT molecular complexity index is 133. The van der Waals surface area contributed by atoms with Crippen LogP contribution in [-0.4, -0.2) is 26.8 Å². The summed E-state index contributed by atoms with van der Waals surface area (Å²) in [4.78, 5) is 0. The normalized spacial score (nSPS) is 10.4. The van der Waals surface area contributed by atoms with Crippen LogP contribution in [0.3, 0.4) is 0 Å². The van der Waals surface area contributed by atoms with E-state index in [9.17, 15) is 13.3 Å². The molecule has 0 heterocycles. The van der Waals surface area contributed by atoms with Crippen LogP contribution in [0.4, 0.5) is 8.78 Å². The van der Waals surface area contributed by atoms with E-state index in [1.165, 1.54) is 0 Å². The molecule has 0 spiro atoms. The fraction of sp³-hybridized carbons (Fsp3) is 1.00. The number of hydrogen-bond acceptors (Lipinski definition) is 3. The second-order valence-electron chi connectivity index (χ2n) is 1.55. The highest BCUT2D eigenvalue weighted by Crippen LogP contribution is 2.47. The van der Waals surface area contributed by atoms with Gasteiger partial charge in [-0.3, -0.25) is 4.57 Å². The van der Waals surface area contributed by atoms with Gasteiger partial charge in [0.15, 0.2) is 0 Å². The van der Waals surface area contributed by atoms with Gasteiger partial charge in [-0.05, 0) is 0 Å². The van der Waals surface area contributed by atoms with E-state index in [0.29, 0.717) is 0 Å². The lowest BCUT2D eigenvalue weighted by molar-refractivity contribution is 0.159. The highest BCUT2D eigenvalue weighted by atomic mass is 31.2. The summed E-state index contributed by atoms with van der Waals surface area (Å²) in [5.41, 5.74) is 0. The third-order valence-corrected chi connectivity index (χ3v) is 2.75. The highest BCUT2D eigenvalue weighted by Gasteiger charge is 2.26. The molecule has 0 bridgehead atoms. The number of hydrogen-bond donors (Lipinski definition) is 0. The smallest absolute Gasteiger partial charge is 0.312 e. The van der Waals surface area contributed by atoms with Crippen LogP contribution in [0.25, 0.3) is 0 Å². The van der Waals surface area contributed by atoms with Crippen LogP contribution < -0.4 is 0 Å². The summed E-state index contributed by atoms with van der Waals surface area (Å²) >= 11 is 0. The summed E-state index contributed by atoms with van der Waals surface area (Å²) in [6.45, 7) is 0. The second kappa shape index (κ2) is 7.65. The quantitative estimate of drug-likeness (QED) is 0.663. The molecule has 12 heavy (non-hydrogen) atoms. The molecular weight excluding hydrogens is 189 g/mol. The zero-order valence-corrected chi connectivity index (χ0v) is 6.61. The first-order valence-corrected chi connectivity index (χ1v) is 4.25. The van der Waals surface area contributed by atoms with Crippen molar-refractivity contribution >= 4 is 7.60 Å². The maximum absolute atomic E-state index is 11.6. The monoisotopic (exact) mass is 206 g/mol. The Morgan fingerprint density at radius 1 is 1.25 bits per heavy atom. The van der Waals surface area contributed by atoms with Gasteiger partial charge in [0, 0.05) is 14.2 Å². The van der Waals surface area contributed by atoms with Crippen molar-refractivity contribution in [3.8, 4) is 0 Å². The molecule has 6 heteroatoms. The summed E-state index contributed by atoms with van der Waals surface area (Å²) in [6.07, 6.45) is -3.51. The van der Waals surface area contributed by atoms with E-state index < -0.39 is 20.2 Å². The van der Waals surface area contributed by atoms with Crippen molar-refractivity contribution in [1.82, 2.24) is 0 Å². The molecule has 0 aliphatic carbocycles. The van der Waals surface area contributed by atoms with Crippen LogP contribution in [0.5, 0.6) is 0 Å². The highest BCUT2D eigenvalue weighted by molar-refractivity contribution is 7.53. The largest absolute Gasteiger partial charge is 0.335 e. The molecule has 0 N–H and O–H groups in total. The Labute approximate surface area is 72.6 Å². The van der Waals surface area contributed by atoms with E-state index in [0.717, 1.165) is 14.2 Å². The minimum atomic E-state index is -3.49. The minimum absolute atomic E-state index is 0. The number of alkyl halides is 2. The van der Waals surface area contributed by atoms with Gasteiger partial charge in [-0.15, -0.1) is 0 Å². The van der Waals surface area contributed by atoms with Crippen LogP contribution in [-0.2, 0) is 13.6 Å². The molecule has 78 valence electrons.